The minimum atomic E-state index is 0.0714. The number of hydrogen-bond donors (Lipinski definition) is 2. The van der Waals surface area contributed by atoms with Gasteiger partial charge in [-0.25, -0.2) is 0 Å². The third-order valence-corrected chi connectivity index (χ3v) is 8.59. The molecule has 2 atom stereocenters. The molecule has 2 fully saturated rings. The normalized spacial score (nSPS) is 21.2. The Hall–Kier alpha value is -4.05. The number of anilines is 2. The maximum absolute atomic E-state index is 10.5. The molecule has 2 aromatic carbocycles. The van der Waals surface area contributed by atoms with Crippen LogP contribution in [0.4, 0.5) is 11.5 Å². The van der Waals surface area contributed by atoms with Gasteiger partial charge in [-0.05, 0) is 44.3 Å². The standard InChI is InChI=1S/C31H35N7O2/c1-36-12-4-6-23(36)20-40-31-27(17-33)28-19-37(29-16-24(39)15-21-5-2-3-7-25(21)29)13-9-26(28)30(35-31)38-14-11-34-22(18-38)8-10-32/h2-3,5,7,15-16,22-23,34,39H,4,6,8-9,11-14,18-20H2,1H3. The first-order valence-corrected chi connectivity index (χ1v) is 14.2. The number of fused-ring (bicyclic) bond motifs is 2. The van der Waals surface area contributed by atoms with Crippen molar-refractivity contribution in [3.8, 4) is 23.8 Å². The number of nitrogens with one attached hydrogen (secondary N) is 1. The van der Waals surface area contributed by atoms with E-state index in [4.69, 9.17) is 9.72 Å². The third-order valence-electron chi connectivity index (χ3n) is 8.59. The highest BCUT2D eigenvalue weighted by atomic mass is 16.5. The average molecular weight is 538 g/mol. The van der Waals surface area contributed by atoms with Crippen molar-refractivity contribution in [3.05, 3.63) is 53.1 Å². The van der Waals surface area contributed by atoms with Gasteiger partial charge in [-0.1, -0.05) is 24.3 Å². The Balaban J connectivity index is 1.41. The maximum atomic E-state index is 10.5. The Bertz CT molecular complexity index is 1490. The molecule has 206 valence electrons. The van der Waals surface area contributed by atoms with Gasteiger partial charge < -0.3 is 29.9 Å². The van der Waals surface area contributed by atoms with E-state index < -0.39 is 0 Å². The number of piperazine rings is 1. The molecular weight excluding hydrogens is 502 g/mol. The molecular formula is C31H35N7O2. The molecule has 9 nitrogen and oxygen atoms in total. The number of likely N-dealkylation sites (N-methyl/N-ethyl adjacent to an activating group) is 1. The van der Waals surface area contributed by atoms with Crippen molar-refractivity contribution in [2.75, 3.05) is 56.2 Å². The predicted octanol–water partition coefficient (Wildman–Crippen LogP) is 3.54. The molecule has 6 rings (SSSR count). The zero-order valence-electron chi connectivity index (χ0n) is 22.9. The van der Waals surface area contributed by atoms with Crippen LogP contribution < -0.4 is 19.9 Å². The number of benzene rings is 2. The van der Waals surface area contributed by atoms with Crippen molar-refractivity contribution in [2.24, 2.45) is 0 Å². The summed E-state index contributed by atoms with van der Waals surface area (Å²) in [7, 11) is 2.12. The van der Waals surface area contributed by atoms with Crippen molar-refractivity contribution in [1.29, 1.82) is 10.5 Å². The van der Waals surface area contributed by atoms with E-state index in [1.54, 1.807) is 6.07 Å². The van der Waals surface area contributed by atoms with Crippen LogP contribution in [0.25, 0.3) is 10.8 Å². The number of hydrogen-bond acceptors (Lipinski definition) is 9. The molecule has 0 radical (unpaired) electrons. The Morgan fingerprint density at radius 2 is 2.00 bits per heavy atom. The SMILES string of the molecule is CN1CCCC1COc1nc(N2CCNC(CC#N)C2)c2c(c1C#N)CN(c1cc(O)cc3ccccc13)CC2. The zero-order valence-corrected chi connectivity index (χ0v) is 22.9. The van der Waals surface area contributed by atoms with Crippen molar-refractivity contribution < 1.29 is 9.84 Å². The third kappa shape index (κ3) is 4.99. The van der Waals surface area contributed by atoms with Crippen LogP contribution in [-0.4, -0.2) is 73.5 Å². The van der Waals surface area contributed by atoms with Gasteiger partial charge in [-0.2, -0.15) is 15.5 Å². The van der Waals surface area contributed by atoms with Crippen LogP contribution in [0, 0.1) is 22.7 Å². The summed E-state index contributed by atoms with van der Waals surface area (Å²) in [4.78, 5) is 11.8. The fourth-order valence-electron chi connectivity index (χ4n) is 6.44. The Kier molecular flexibility index (Phi) is 7.34. The molecule has 40 heavy (non-hydrogen) atoms. The first kappa shape index (κ1) is 26.2. The zero-order chi connectivity index (χ0) is 27.6. The van der Waals surface area contributed by atoms with Crippen LogP contribution in [0.5, 0.6) is 11.6 Å². The van der Waals surface area contributed by atoms with Crippen LogP contribution in [-0.2, 0) is 13.0 Å². The summed E-state index contributed by atoms with van der Waals surface area (Å²) in [6.07, 6.45) is 3.37. The van der Waals surface area contributed by atoms with Gasteiger partial charge in [0.2, 0.25) is 5.88 Å². The van der Waals surface area contributed by atoms with Gasteiger partial charge >= 0.3 is 0 Å². The topological polar surface area (TPSA) is 112 Å². The molecule has 0 amide bonds. The number of phenols is 1. The smallest absolute Gasteiger partial charge is 0.234 e. The second-order valence-electron chi connectivity index (χ2n) is 11.1. The first-order valence-electron chi connectivity index (χ1n) is 14.2. The molecule has 3 aromatic rings. The predicted molar refractivity (Wildman–Crippen MR) is 155 cm³/mol. The van der Waals surface area contributed by atoms with E-state index in [9.17, 15) is 15.6 Å². The highest BCUT2D eigenvalue weighted by Gasteiger charge is 2.32. The van der Waals surface area contributed by atoms with Crippen LogP contribution in [0.1, 0.15) is 36.0 Å². The largest absolute Gasteiger partial charge is 0.508 e. The fraction of sp³-hybridized carbons (Fsp3) is 0.452. The van der Waals surface area contributed by atoms with E-state index in [0.717, 1.165) is 78.8 Å². The molecule has 0 saturated carbocycles. The highest BCUT2D eigenvalue weighted by molar-refractivity contribution is 5.95. The number of phenolic OH excluding ortho intramolecular Hbond substituents is 1. The van der Waals surface area contributed by atoms with Gasteiger partial charge in [0.15, 0.2) is 0 Å². The Morgan fingerprint density at radius 1 is 1.12 bits per heavy atom. The molecule has 2 N–H and O–H groups in total. The monoisotopic (exact) mass is 537 g/mol. The number of ether oxygens (including phenoxy) is 1. The van der Waals surface area contributed by atoms with E-state index in [0.29, 0.717) is 43.6 Å². The number of nitrogens with zero attached hydrogens (tertiary/aromatic N) is 6. The van der Waals surface area contributed by atoms with E-state index in [1.807, 2.05) is 24.3 Å². The summed E-state index contributed by atoms with van der Waals surface area (Å²) in [5.74, 6) is 1.49. The van der Waals surface area contributed by atoms with Crippen LogP contribution in [0.3, 0.4) is 0 Å². The molecule has 2 saturated heterocycles. The number of rotatable bonds is 6. The van der Waals surface area contributed by atoms with Crippen LogP contribution in [0.2, 0.25) is 0 Å². The molecule has 0 spiro atoms. The van der Waals surface area contributed by atoms with Crippen molar-refractivity contribution in [1.82, 2.24) is 15.2 Å². The number of aromatic nitrogens is 1. The second kappa shape index (κ2) is 11.2. The van der Waals surface area contributed by atoms with Gasteiger partial charge in [0.05, 0.1) is 12.5 Å². The lowest BCUT2D eigenvalue weighted by Gasteiger charge is -2.38. The summed E-state index contributed by atoms with van der Waals surface area (Å²) in [6, 6.07) is 16.8. The van der Waals surface area contributed by atoms with E-state index in [2.05, 4.69) is 45.3 Å². The van der Waals surface area contributed by atoms with Gasteiger partial charge in [-0.15, -0.1) is 0 Å². The quantitative estimate of drug-likeness (QED) is 0.488. The molecule has 1 aromatic heterocycles. The minimum Gasteiger partial charge on any atom is -0.508 e. The summed E-state index contributed by atoms with van der Waals surface area (Å²) < 4.78 is 6.36. The lowest BCUT2D eigenvalue weighted by atomic mass is 9.94. The summed E-state index contributed by atoms with van der Waals surface area (Å²) in [5, 5.41) is 35.7. The van der Waals surface area contributed by atoms with Crippen molar-refractivity contribution in [3.63, 3.8) is 0 Å². The minimum absolute atomic E-state index is 0.0714. The molecule has 0 bridgehead atoms. The Labute approximate surface area is 235 Å². The molecule has 9 heteroatoms. The van der Waals surface area contributed by atoms with Gasteiger partial charge in [0.1, 0.15) is 29.8 Å². The summed E-state index contributed by atoms with van der Waals surface area (Å²) in [6.45, 7) is 5.04. The number of aromatic hydroxyl groups is 1. The molecule has 0 aliphatic carbocycles. The van der Waals surface area contributed by atoms with Crippen LogP contribution in [0.15, 0.2) is 36.4 Å². The van der Waals surface area contributed by atoms with E-state index >= 15 is 0 Å². The van der Waals surface area contributed by atoms with Gasteiger partial charge in [-0.3, -0.25) is 0 Å². The molecule has 2 unspecified atom stereocenters. The summed E-state index contributed by atoms with van der Waals surface area (Å²) in [5.41, 5.74) is 3.48. The fourth-order valence-corrected chi connectivity index (χ4v) is 6.44. The molecule has 3 aliphatic heterocycles. The number of pyridine rings is 1. The number of nitriles is 2. The molecule has 3 aliphatic rings. The maximum Gasteiger partial charge on any atom is 0.234 e. The van der Waals surface area contributed by atoms with Crippen molar-refractivity contribution >= 4 is 22.3 Å². The Morgan fingerprint density at radius 3 is 2.80 bits per heavy atom. The van der Waals surface area contributed by atoms with Crippen molar-refractivity contribution in [2.45, 2.75) is 44.3 Å². The summed E-state index contributed by atoms with van der Waals surface area (Å²) >= 11 is 0. The van der Waals surface area contributed by atoms with Gasteiger partial charge in [0, 0.05) is 73.1 Å². The molecule has 4 heterocycles. The second-order valence-corrected chi connectivity index (χ2v) is 11.1. The average Bonchev–Trinajstić information content (AvgIpc) is 3.39. The van der Waals surface area contributed by atoms with E-state index in [-0.39, 0.29) is 11.8 Å². The highest BCUT2D eigenvalue weighted by Crippen LogP contribution is 2.39. The van der Waals surface area contributed by atoms with Gasteiger partial charge in [0.25, 0.3) is 0 Å². The van der Waals surface area contributed by atoms with Crippen LogP contribution >= 0.6 is 0 Å². The lowest BCUT2D eigenvalue weighted by molar-refractivity contribution is 0.192. The lowest BCUT2D eigenvalue weighted by Crippen LogP contribution is -2.51. The number of likely N-dealkylation sites (tertiary alicyclic amines) is 1. The van der Waals surface area contributed by atoms with E-state index in [1.165, 1.54) is 0 Å². The first-order chi connectivity index (χ1) is 19.6.